The lowest BCUT2D eigenvalue weighted by molar-refractivity contribution is 0.275. The Bertz CT molecular complexity index is 2010. The Hall–Kier alpha value is -6.40. The first-order valence-corrected chi connectivity index (χ1v) is 17.6. The van der Waals surface area contributed by atoms with E-state index in [1.807, 2.05) is 81.4 Å². The van der Waals surface area contributed by atoms with Crippen molar-refractivity contribution in [2.75, 3.05) is 16.9 Å². The number of nitrogens with zero attached hydrogens (tertiary/aromatic N) is 3. The molecule has 6 aromatic carbocycles. The van der Waals surface area contributed by atoms with Gasteiger partial charge in [-0.15, -0.1) is 4.91 Å². The summed E-state index contributed by atoms with van der Waals surface area (Å²) < 4.78 is 11.5. The molecule has 0 atom stereocenters. The Balaban J connectivity index is 0.000000412. The SMILES string of the molecule is CC.COC1=CC=C(N(c2ccccc2)c2ccc(N(c3ccccc3)c3ccc(Oc4ccccc4)cc3)cc2)CC1.Cc1ccc(N=O)cc1. The van der Waals surface area contributed by atoms with Gasteiger partial charge in [-0.25, -0.2) is 0 Å². The second kappa shape index (κ2) is 19.1. The first-order chi connectivity index (χ1) is 25.6. The van der Waals surface area contributed by atoms with Gasteiger partial charge in [0.15, 0.2) is 0 Å². The van der Waals surface area contributed by atoms with E-state index in [4.69, 9.17) is 9.47 Å². The number of methoxy groups -OCH3 is 1. The maximum atomic E-state index is 9.87. The second-order valence-electron chi connectivity index (χ2n) is 11.7. The molecule has 52 heavy (non-hydrogen) atoms. The zero-order valence-corrected chi connectivity index (χ0v) is 30.2. The van der Waals surface area contributed by atoms with E-state index in [1.165, 1.54) is 5.70 Å². The highest BCUT2D eigenvalue weighted by molar-refractivity contribution is 5.79. The fourth-order valence-corrected chi connectivity index (χ4v) is 5.69. The van der Waals surface area contributed by atoms with E-state index in [9.17, 15) is 4.91 Å². The van der Waals surface area contributed by atoms with Gasteiger partial charge in [-0.1, -0.05) is 86.1 Å². The quantitative estimate of drug-likeness (QED) is 0.134. The molecule has 6 aromatic rings. The lowest BCUT2D eigenvalue weighted by Gasteiger charge is -2.30. The van der Waals surface area contributed by atoms with Crippen LogP contribution in [-0.4, -0.2) is 7.11 Å². The van der Waals surface area contributed by atoms with E-state index >= 15 is 0 Å². The first kappa shape index (κ1) is 36.9. The summed E-state index contributed by atoms with van der Waals surface area (Å²) in [4.78, 5) is 14.5. The molecule has 0 fully saturated rings. The van der Waals surface area contributed by atoms with Gasteiger partial charge in [-0.3, -0.25) is 0 Å². The van der Waals surface area contributed by atoms with Crippen molar-refractivity contribution >= 4 is 34.1 Å². The number of benzene rings is 6. The van der Waals surface area contributed by atoms with Crippen molar-refractivity contribution in [3.8, 4) is 11.5 Å². The summed E-state index contributed by atoms with van der Waals surface area (Å²) in [6.45, 7) is 5.97. The Morgan fingerprint density at radius 2 is 0.942 bits per heavy atom. The van der Waals surface area contributed by atoms with Gasteiger partial charge >= 0.3 is 0 Å². The van der Waals surface area contributed by atoms with Gasteiger partial charge in [-0.05, 0) is 128 Å². The Morgan fingerprint density at radius 3 is 1.42 bits per heavy atom. The van der Waals surface area contributed by atoms with Crippen LogP contribution in [-0.2, 0) is 4.74 Å². The molecule has 6 heteroatoms. The average Bonchev–Trinajstić information content (AvgIpc) is 3.22. The Morgan fingerprint density at radius 1 is 0.500 bits per heavy atom. The van der Waals surface area contributed by atoms with Gasteiger partial charge in [0.1, 0.15) is 17.2 Å². The molecule has 1 aliphatic rings. The molecule has 6 nitrogen and oxygen atoms in total. The monoisotopic (exact) mass is 687 g/mol. The van der Waals surface area contributed by atoms with Crippen molar-refractivity contribution in [2.24, 2.45) is 5.18 Å². The minimum Gasteiger partial charge on any atom is -0.501 e. The van der Waals surface area contributed by atoms with Crippen LogP contribution in [0.15, 0.2) is 193 Å². The van der Waals surface area contributed by atoms with Crippen molar-refractivity contribution in [1.82, 2.24) is 0 Å². The van der Waals surface area contributed by atoms with E-state index in [1.54, 1.807) is 19.2 Å². The van der Waals surface area contributed by atoms with Crippen LogP contribution in [0.1, 0.15) is 32.3 Å². The van der Waals surface area contributed by atoms with Crippen LogP contribution in [0.2, 0.25) is 0 Å². The minimum absolute atomic E-state index is 0.487. The van der Waals surface area contributed by atoms with Gasteiger partial charge in [0.2, 0.25) is 0 Å². The molecule has 0 N–H and O–H groups in total. The maximum absolute atomic E-state index is 9.87. The van der Waals surface area contributed by atoms with Gasteiger partial charge in [0, 0.05) is 40.6 Å². The molecular weight excluding hydrogens is 643 g/mol. The summed E-state index contributed by atoms with van der Waals surface area (Å²) in [7, 11) is 1.74. The number of rotatable bonds is 10. The number of para-hydroxylation sites is 3. The Kier molecular flexibility index (Phi) is 13.6. The van der Waals surface area contributed by atoms with Crippen molar-refractivity contribution in [1.29, 1.82) is 0 Å². The molecule has 7 rings (SSSR count). The third-order valence-electron chi connectivity index (χ3n) is 8.25. The summed E-state index contributed by atoms with van der Waals surface area (Å²) >= 11 is 0. The summed E-state index contributed by atoms with van der Waals surface area (Å²) in [5.41, 5.74) is 8.32. The third-order valence-corrected chi connectivity index (χ3v) is 8.25. The third kappa shape index (κ3) is 9.86. The molecule has 0 bridgehead atoms. The predicted octanol–water partition coefficient (Wildman–Crippen LogP) is 13.7. The topological polar surface area (TPSA) is 54.4 Å². The number of aryl methyl sites for hydroxylation is 1. The van der Waals surface area contributed by atoms with Gasteiger partial charge in [0.05, 0.1) is 12.9 Å². The average molecular weight is 688 g/mol. The maximum Gasteiger partial charge on any atom is 0.127 e. The van der Waals surface area contributed by atoms with E-state index in [0.29, 0.717) is 5.69 Å². The van der Waals surface area contributed by atoms with Gasteiger partial charge in [0.25, 0.3) is 0 Å². The molecule has 0 heterocycles. The number of hydrogen-bond donors (Lipinski definition) is 0. The smallest absolute Gasteiger partial charge is 0.127 e. The number of hydrogen-bond acceptors (Lipinski definition) is 6. The van der Waals surface area contributed by atoms with Crippen molar-refractivity contribution in [3.05, 3.63) is 198 Å². The normalized spacial score (nSPS) is 11.6. The summed E-state index contributed by atoms with van der Waals surface area (Å²) in [6, 6.07) is 54.9. The van der Waals surface area contributed by atoms with E-state index in [2.05, 4.69) is 118 Å². The van der Waals surface area contributed by atoms with E-state index in [-0.39, 0.29) is 0 Å². The zero-order chi connectivity index (χ0) is 36.5. The molecule has 0 saturated heterocycles. The lowest BCUT2D eigenvalue weighted by atomic mass is 10.1. The van der Waals surface area contributed by atoms with Crippen LogP contribution in [0.4, 0.5) is 34.1 Å². The van der Waals surface area contributed by atoms with Crippen molar-refractivity contribution < 1.29 is 9.47 Å². The standard InChI is InChI=1S/C37H32N2O2.C7H7NO.C2H6/c1-40-35-25-21-33(22-26-35)38(29-11-5-2-6-12-29)31-17-19-32(20-18-31)39(30-13-7-3-8-14-30)34-23-27-37(28-24-34)41-36-15-9-4-10-16-36;1-6-2-4-7(8-9)5-3-6;1-2/h2-21,23-25,27-28H,22,26H2,1H3;2-5H,1H3;1-2H3. The number of nitroso groups, excluding NO2 is 1. The van der Waals surface area contributed by atoms with Crippen LogP contribution in [0, 0.1) is 11.8 Å². The highest BCUT2D eigenvalue weighted by atomic mass is 16.5. The van der Waals surface area contributed by atoms with Crippen LogP contribution < -0.4 is 14.5 Å². The van der Waals surface area contributed by atoms with Crippen LogP contribution >= 0.6 is 0 Å². The molecule has 1 aliphatic carbocycles. The first-order valence-electron chi connectivity index (χ1n) is 17.6. The van der Waals surface area contributed by atoms with Gasteiger partial charge < -0.3 is 19.3 Å². The van der Waals surface area contributed by atoms with Gasteiger partial charge in [-0.2, -0.15) is 0 Å². The number of anilines is 5. The fourth-order valence-electron chi connectivity index (χ4n) is 5.69. The largest absolute Gasteiger partial charge is 0.501 e. The highest BCUT2D eigenvalue weighted by Crippen LogP contribution is 2.39. The minimum atomic E-state index is 0.487. The molecule has 0 unspecified atom stereocenters. The molecule has 0 radical (unpaired) electrons. The molecule has 0 spiro atoms. The molecule has 0 aromatic heterocycles. The number of allylic oxidation sites excluding steroid dienone is 4. The molecular formula is C46H45N3O3. The van der Waals surface area contributed by atoms with Crippen molar-refractivity contribution in [2.45, 2.75) is 33.6 Å². The van der Waals surface area contributed by atoms with Crippen LogP contribution in [0.5, 0.6) is 11.5 Å². The van der Waals surface area contributed by atoms with E-state index < -0.39 is 0 Å². The second-order valence-corrected chi connectivity index (χ2v) is 11.7. The zero-order valence-electron chi connectivity index (χ0n) is 30.2. The predicted molar refractivity (Wildman–Crippen MR) is 217 cm³/mol. The molecule has 262 valence electrons. The highest BCUT2D eigenvalue weighted by Gasteiger charge is 2.19. The summed E-state index contributed by atoms with van der Waals surface area (Å²) in [5, 5.41) is 2.76. The summed E-state index contributed by atoms with van der Waals surface area (Å²) in [6.07, 6.45) is 6.03. The Labute approximate surface area is 307 Å². The van der Waals surface area contributed by atoms with Crippen LogP contribution in [0.25, 0.3) is 0 Å². The lowest BCUT2D eigenvalue weighted by Crippen LogP contribution is -2.18. The fraction of sp³-hybridized carbons (Fsp3) is 0.130. The van der Waals surface area contributed by atoms with Crippen molar-refractivity contribution in [3.63, 3.8) is 0 Å². The number of ether oxygens (including phenoxy) is 2. The molecule has 0 amide bonds. The molecule has 0 aliphatic heterocycles. The van der Waals surface area contributed by atoms with E-state index in [0.717, 1.165) is 64.1 Å². The molecule has 0 saturated carbocycles. The summed E-state index contributed by atoms with van der Waals surface area (Å²) in [5.74, 6) is 2.63. The van der Waals surface area contributed by atoms with Crippen LogP contribution in [0.3, 0.4) is 0 Å².